The maximum absolute atomic E-state index is 6.72. The van der Waals surface area contributed by atoms with Gasteiger partial charge in [0.2, 0.25) is 0 Å². The summed E-state index contributed by atoms with van der Waals surface area (Å²) in [7, 11) is 0. The number of piperidine rings is 1. The SMILES string of the molecule is CCc1[nH]c2nc(Sc3cnc4nccnc4c3)nc(N3CC[C@@H](C)[C@@H](N)C3)c2c1Cl. The first-order chi connectivity index (χ1) is 15.0. The number of nitrogens with two attached hydrogens (primary N) is 1. The highest BCUT2D eigenvalue weighted by molar-refractivity contribution is 7.99. The summed E-state index contributed by atoms with van der Waals surface area (Å²) in [6, 6.07) is 2.05. The van der Waals surface area contributed by atoms with Crippen LogP contribution >= 0.6 is 23.4 Å². The van der Waals surface area contributed by atoms with Crippen molar-refractivity contribution in [2.45, 2.75) is 42.8 Å². The molecule has 5 heterocycles. The third-order valence-corrected chi connectivity index (χ3v) is 7.04. The van der Waals surface area contributed by atoms with Gasteiger partial charge in [-0.15, -0.1) is 0 Å². The molecule has 8 nitrogen and oxygen atoms in total. The average Bonchev–Trinajstić information content (AvgIpc) is 3.10. The van der Waals surface area contributed by atoms with Crippen molar-refractivity contribution in [1.82, 2.24) is 29.9 Å². The van der Waals surface area contributed by atoms with Crippen molar-refractivity contribution in [1.29, 1.82) is 0 Å². The third kappa shape index (κ3) is 3.81. The van der Waals surface area contributed by atoms with Crippen LogP contribution in [0.3, 0.4) is 0 Å². The number of aromatic nitrogens is 6. The molecule has 1 fully saturated rings. The van der Waals surface area contributed by atoms with Gasteiger partial charge in [-0.25, -0.2) is 19.9 Å². The predicted molar refractivity (Wildman–Crippen MR) is 124 cm³/mol. The molecule has 1 aliphatic rings. The number of rotatable bonds is 4. The minimum Gasteiger partial charge on any atom is -0.354 e. The zero-order valence-electron chi connectivity index (χ0n) is 17.3. The second kappa shape index (κ2) is 8.22. The summed E-state index contributed by atoms with van der Waals surface area (Å²) in [6.45, 7) is 5.90. The fourth-order valence-corrected chi connectivity index (χ4v) is 4.99. The van der Waals surface area contributed by atoms with Gasteiger partial charge in [0.25, 0.3) is 0 Å². The van der Waals surface area contributed by atoms with Gasteiger partial charge >= 0.3 is 0 Å². The zero-order valence-corrected chi connectivity index (χ0v) is 18.9. The quantitative estimate of drug-likeness (QED) is 0.447. The van der Waals surface area contributed by atoms with Gasteiger partial charge < -0.3 is 15.6 Å². The average molecular weight is 455 g/mol. The molecule has 0 amide bonds. The zero-order chi connectivity index (χ0) is 21.5. The molecule has 0 aliphatic carbocycles. The molecule has 4 aromatic rings. The van der Waals surface area contributed by atoms with Gasteiger partial charge in [0.05, 0.1) is 10.4 Å². The first-order valence-corrected chi connectivity index (χ1v) is 11.6. The van der Waals surface area contributed by atoms with Crippen LogP contribution in [-0.2, 0) is 6.42 Å². The molecule has 0 radical (unpaired) electrons. The molecular formula is C21H23ClN8S. The monoisotopic (exact) mass is 454 g/mol. The van der Waals surface area contributed by atoms with Crippen LogP contribution in [0, 0.1) is 5.92 Å². The van der Waals surface area contributed by atoms with E-state index >= 15 is 0 Å². The number of aryl methyl sites for hydroxylation is 1. The minimum absolute atomic E-state index is 0.0986. The van der Waals surface area contributed by atoms with Crippen LogP contribution < -0.4 is 10.6 Å². The molecule has 0 saturated carbocycles. The van der Waals surface area contributed by atoms with E-state index in [0.717, 1.165) is 58.9 Å². The maximum Gasteiger partial charge on any atom is 0.196 e. The highest BCUT2D eigenvalue weighted by Crippen LogP contribution is 2.37. The lowest BCUT2D eigenvalue weighted by molar-refractivity contribution is 0.378. The lowest BCUT2D eigenvalue weighted by Gasteiger charge is -2.36. The molecule has 0 aromatic carbocycles. The summed E-state index contributed by atoms with van der Waals surface area (Å²) < 4.78 is 0. The number of fused-ring (bicyclic) bond motifs is 2. The van der Waals surface area contributed by atoms with E-state index in [1.165, 1.54) is 11.8 Å². The lowest BCUT2D eigenvalue weighted by atomic mass is 9.94. The number of nitrogens with one attached hydrogen (secondary N) is 1. The largest absolute Gasteiger partial charge is 0.354 e. The standard InChI is InChI=1S/C21H23ClN8S/c1-3-14-17(22)16-19(27-14)28-21(29-20(16)30-7-4-11(2)13(23)10-30)31-12-8-15-18(26-9-12)25-6-5-24-15/h5-6,8-9,11,13H,3-4,7,10,23H2,1-2H3,(H,27,28,29)/t11-,13+/m1/s1. The van der Waals surface area contributed by atoms with E-state index in [2.05, 4.69) is 38.7 Å². The van der Waals surface area contributed by atoms with E-state index in [9.17, 15) is 0 Å². The van der Waals surface area contributed by atoms with Crippen LogP contribution in [0.2, 0.25) is 5.02 Å². The fourth-order valence-electron chi connectivity index (χ4n) is 3.88. The van der Waals surface area contributed by atoms with E-state index in [-0.39, 0.29) is 6.04 Å². The molecule has 10 heteroatoms. The summed E-state index contributed by atoms with van der Waals surface area (Å²) in [5, 5.41) is 2.19. The van der Waals surface area contributed by atoms with Crippen molar-refractivity contribution < 1.29 is 0 Å². The Bertz CT molecular complexity index is 1260. The number of aromatic amines is 1. The van der Waals surface area contributed by atoms with Gasteiger partial charge in [-0.3, -0.25) is 4.98 Å². The van der Waals surface area contributed by atoms with Gasteiger partial charge in [0, 0.05) is 48.3 Å². The molecule has 3 N–H and O–H groups in total. The summed E-state index contributed by atoms with van der Waals surface area (Å²) in [6.07, 6.45) is 6.88. The molecular weight excluding hydrogens is 432 g/mol. The Morgan fingerprint density at radius 3 is 2.90 bits per heavy atom. The first kappa shape index (κ1) is 20.4. The molecule has 5 rings (SSSR count). The number of pyridine rings is 1. The van der Waals surface area contributed by atoms with Gasteiger partial charge in [0.1, 0.15) is 17.0 Å². The van der Waals surface area contributed by atoms with E-state index in [4.69, 9.17) is 27.3 Å². The predicted octanol–water partition coefficient (Wildman–Crippen LogP) is 3.84. The minimum atomic E-state index is 0.0986. The van der Waals surface area contributed by atoms with Crippen molar-refractivity contribution in [3.8, 4) is 0 Å². The number of H-pyrrole nitrogens is 1. The topological polar surface area (TPSA) is 109 Å². The molecule has 2 atom stereocenters. The molecule has 1 aliphatic heterocycles. The Labute approximate surface area is 189 Å². The van der Waals surface area contributed by atoms with Crippen LogP contribution in [0.15, 0.2) is 34.7 Å². The summed E-state index contributed by atoms with van der Waals surface area (Å²) in [5.74, 6) is 1.32. The smallest absolute Gasteiger partial charge is 0.196 e. The number of hydrogen-bond donors (Lipinski definition) is 2. The Morgan fingerprint density at radius 1 is 1.26 bits per heavy atom. The Morgan fingerprint density at radius 2 is 2.10 bits per heavy atom. The Hall–Kier alpha value is -2.49. The van der Waals surface area contributed by atoms with Crippen LogP contribution in [-0.4, -0.2) is 49.0 Å². The van der Waals surface area contributed by atoms with Gasteiger partial charge in [-0.2, -0.15) is 0 Å². The molecule has 0 unspecified atom stereocenters. The van der Waals surface area contributed by atoms with Gasteiger partial charge in [-0.1, -0.05) is 25.4 Å². The second-order valence-electron chi connectivity index (χ2n) is 7.87. The van der Waals surface area contributed by atoms with Crippen molar-refractivity contribution in [2.24, 2.45) is 11.7 Å². The number of hydrogen-bond acceptors (Lipinski definition) is 8. The van der Waals surface area contributed by atoms with E-state index in [0.29, 0.717) is 21.7 Å². The van der Waals surface area contributed by atoms with Crippen molar-refractivity contribution in [3.63, 3.8) is 0 Å². The summed E-state index contributed by atoms with van der Waals surface area (Å²) in [5.41, 5.74) is 9.44. The Balaban J connectivity index is 1.58. The summed E-state index contributed by atoms with van der Waals surface area (Å²) in [4.78, 5) is 29.2. The molecule has 4 aromatic heterocycles. The van der Waals surface area contributed by atoms with Crippen LogP contribution in [0.5, 0.6) is 0 Å². The fraction of sp³-hybridized carbons (Fsp3) is 0.381. The maximum atomic E-state index is 6.72. The normalized spacial score (nSPS) is 19.4. The molecule has 1 saturated heterocycles. The van der Waals surface area contributed by atoms with Crippen LogP contribution in [0.25, 0.3) is 22.2 Å². The number of nitrogens with zero attached hydrogens (tertiary/aromatic N) is 6. The van der Waals surface area contributed by atoms with E-state index in [1.54, 1.807) is 18.6 Å². The second-order valence-corrected chi connectivity index (χ2v) is 9.29. The van der Waals surface area contributed by atoms with Crippen LogP contribution in [0.4, 0.5) is 5.82 Å². The molecule has 160 valence electrons. The van der Waals surface area contributed by atoms with Crippen molar-refractivity contribution in [3.05, 3.63) is 35.4 Å². The molecule has 31 heavy (non-hydrogen) atoms. The number of anilines is 1. The third-order valence-electron chi connectivity index (χ3n) is 5.80. The van der Waals surface area contributed by atoms with E-state index in [1.807, 2.05) is 6.07 Å². The van der Waals surface area contributed by atoms with Crippen LogP contribution in [0.1, 0.15) is 26.0 Å². The lowest BCUT2D eigenvalue weighted by Crippen LogP contribution is -2.48. The van der Waals surface area contributed by atoms with Gasteiger partial charge in [0.15, 0.2) is 10.8 Å². The summed E-state index contributed by atoms with van der Waals surface area (Å²) >= 11 is 8.17. The Kier molecular flexibility index (Phi) is 5.41. The number of halogens is 1. The highest BCUT2D eigenvalue weighted by atomic mass is 35.5. The van der Waals surface area contributed by atoms with Crippen molar-refractivity contribution in [2.75, 3.05) is 18.0 Å². The van der Waals surface area contributed by atoms with E-state index < -0.39 is 0 Å². The molecule has 0 spiro atoms. The van der Waals surface area contributed by atoms with Crippen molar-refractivity contribution >= 4 is 51.4 Å². The highest BCUT2D eigenvalue weighted by Gasteiger charge is 2.28. The molecule has 0 bridgehead atoms. The van der Waals surface area contributed by atoms with Gasteiger partial charge in [-0.05, 0) is 36.6 Å². The first-order valence-electron chi connectivity index (χ1n) is 10.4.